The molecule has 3 rings (SSSR count). The number of nitrogens with one attached hydrogen (secondary N) is 2. The number of hydrogen-bond donors (Lipinski definition) is 2. The maximum absolute atomic E-state index is 12.7. The molecule has 2 heterocycles. The number of amides is 1. The van der Waals surface area contributed by atoms with Crippen LogP contribution >= 0.6 is 23.7 Å². The minimum Gasteiger partial charge on any atom is -0.325 e. The number of rotatable bonds is 3. The molecule has 0 radical (unpaired) electrons. The smallest absolute Gasteiger partial charge is 0.245 e. The summed E-state index contributed by atoms with van der Waals surface area (Å²) in [4.78, 5) is 16.9. The molecule has 2 aromatic rings. The molecule has 126 valence electrons. The Balaban J connectivity index is 0.00000192. The third-order valence-corrected chi connectivity index (χ3v) is 6.95. The van der Waals surface area contributed by atoms with Crippen molar-refractivity contribution < 1.29 is 13.2 Å². The second-order valence-electron chi connectivity index (χ2n) is 5.51. The van der Waals surface area contributed by atoms with Gasteiger partial charge in [0.15, 0.2) is 14.6 Å². The first-order chi connectivity index (χ1) is 10.4. The van der Waals surface area contributed by atoms with Gasteiger partial charge in [-0.25, -0.2) is 13.4 Å². The first-order valence-corrected chi connectivity index (χ1v) is 9.74. The van der Waals surface area contributed by atoms with Crippen LogP contribution in [0.25, 0.3) is 10.2 Å². The molecule has 1 amide bonds. The Bertz CT molecular complexity index is 814. The molecule has 0 unspecified atom stereocenters. The molecule has 1 aromatic carbocycles. The number of halogens is 1. The van der Waals surface area contributed by atoms with Gasteiger partial charge in [-0.15, -0.1) is 23.7 Å². The number of nitrogens with zero attached hydrogens (tertiary/aromatic N) is 1. The zero-order valence-corrected chi connectivity index (χ0v) is 15.0. The highest BCUT2D eigenvalue weighted by atomic mass is 35.5. The number of thiazole rings is 1. The fourth-order valence-electron chi connectivity index (χ4n) is 2.78. The predicted octanol–water partition coefficient (Wildman–Crippen LogP) is 1.82. The van der Waals surface area contributed by atoms with Crippen LogP contribution in [0.15, 0.2) is 23.7 Å². The number of carbonyl (C=O) groups excluding carboxylic acids is 1. The molecule has 0 saturated carbocycles. The van der Waals surface area contributed by atoms with E-state index in [2.05, 4.69) is 15.6 Å². The van der Waals surface area contributed by atoms with E-state index in [0.29, 0.717) is 18.8 Å². The van der Waals surface area contributed by atoms with E-state index in [-0.39, 0.29) is 25.2 Å². The highest BCUT2D eigenvalue weighted by Gasteiger charge is 2.48. The molecule has 1 aliphatic rings. The molecule has 1 aliphatic heterocycles. The summed E-state index contributed by atoms with van der Waals surface area (Å²) in [5.74, 6) is -0.453. The number of piperidine rings is 1. The van der Waals surface area contributed by atoms with Crippen molar-refractivity contribution in [1.29, 1.82) is 0 Å². The molecule has 1 aromatic heterocycles. The van der Waals surface area contributed by atoms with E-state index in [1.54, 1.807) is 17.6 Å². The zero-order chi connectivity index (χ0) is 15.8. The van der Waals surface area contributed by atoms with Crippen molar-refractivity contribution in [2.24, 2.45) is 0 Å². The van der Waals surface area contributed by atoms with Crippen LogP contribution in [0.5, 0.6) is 0 Å². The second-order valence-corrected chi connectivity index (χ2v) is 8.72. The summed E-state index contributed by atoms with van der Waals surface area (Å²) in [7, 11) is -3.50. The highest BCUT2D eigenvalue weighted by Crippen LogP contribution is 2.30. The van der Waals surface area contributed by atoms with E-state index < -0.39 is 20.5 Å². The molecular formula is C14H18ClN3O3S2. The molecule has 0 aliphatic carbocycles. The van der Waals surface area contributed by atoms with Gasteiger partial charge in [0.1, 0.15) is 0 Å². The minimum absolute atomic E-state index is 0. The maximum Gasteiger partial charge on any atom is 0.245 e. The molecule has 0 atom stereocenters. The number of sulfone groups is 1. The number of hydrogen-bond acceptors (Lipinski definition) is 6. The SMILES string of the molecule is CS(=O)(=O)C1(C(=O)Nc2ccc3scnc3c2)CCNCC1.Cl. The fraction of sp³-hybridized carbons (Fsp3) is 0.429. The predicted molar refractivity (Wildman–Crippen MR) is 95.2 cm³/mol. The van der Waals surface area contributed by atoms with E-state index in [9.17, 15) is 13.2 Å². The summed E-state index contributed by atoms with van der Waals surface area (Å²) < 4.78 is 24.1. The van der Waals surface area contributed by atoms with E-state index in [1.807, 2.05) is 6.07 Å². The molecule has 0 spiro atoms. The fourth-order valence-corrected chi connectivity index (χ4v) is 4.77. The van der Waals surface area contributed by atoms with Gasteiger partial charge in [0.2, 0.25) is 5.91 Å². The number of fused-ring (bicyclic) bond motifs is 1. The van der Waals surface area contributed by atoms with Gasteiger partial charge >= 0.3 is 0 Å². The van der Waals surface area contributed by atoms with Crippen molar-refractivity contribution in [3.8, 4) is 0 Å². The summed E-state index contributed by atoms with van der Waals surface area (Å²) in [5.41, 5.74) is 3.10. The minimum atomic E-state index is -3.50. The lowest BCUT2D eigenvalue weighted by Crippen LogP contribution is -2.55. The summed E-state index contributed by atoms with van der Waals surface area (Å²) in [6.07, 6.45) is 1.72. The van der Waals surface area contributed by atoms with Crippen LogP contribution in [0.4, 0.5) is 5.69 Å². The molecule has 0 bridgehead atoms. The summed E-state index contributed by atoms with van der Waals surface area (Å²) in [5, 5.41) is 5.86. The van der Waals surface area contributed by atoms with Crippen molar-refractivity contribution in [3.63, 3.8) is 0 Å². The van der Waals surface area contributed by atoms with Crippen LogP contribution in [-0.4, -0.2) is 43.4 Å². The lowest BCUT2D eigenvalue weighted by Gasteiger charge is -2.34. The van der Waals surface area contributed by atoms with Crippen LogP contribution in [0.3, 0.4) is 0 Å². The van der Waals surface area contributed by atoms with Gasteiger partial charge in [-0.2, -0.15) is 0 Å². The second kappa shape index (κ2) is 6.72. The summed E-state index contributed by atoms with van der Waals surface area (Å²) in [6, 6.07) is 5.41. The monoisotopic (exact) mass is 375 g/mol. The third-order valence-electron chi connectivity index (χ3n) is 4.12. The van der Waals surface area contributed by atoms with Gasteiger partial charge in [-0.3, -0.25) is 4.79 Å². The molecule has 1 saturated heterocycles. The van der Waals surface area contributed by atoms with Crippen molar-refractivity contribution in [2.45, 2.75) is 17.6 Å². The average Bonchev–Trinajstić information content (AvgIpc) is 2.94. The molecule has 6 nitrogen and oxygen atoms in total. The van der Waals surface area contributed by atoms with Crippen molar-refractivity contribution in [3.05, 3.63) is 23.7 Å². The zero-order valence-electron chi connectivity index (χ0n) is 12.5. The number of aromatic nitrogens is 1. The Hall–Kier alpha value is -1.22. The van der Waals surface area contributed by atoms with E-state index in [4.69, 9.17) is 0 Å². The Morgan fingerprint density at radius 3 is 2.70 bits per heavy atom. The normalized spacial score (nSPS) is 17.4. The highest BCUT2D eigenvalue weighted by molar-refractivity contribution is 7.92. The average molecular weight is 376 g/mol. The maximum atomic E-state index is 12.7. The first-order valence-electron chi connectivity index (χ1n) is 6.97. The Morgan fingerprint density at radius 2 is 2.04 bits per heavy atom. The Morgan fingerprint density at radius 1 is 1.35 bits per heavy atom. The van der Waals surface area contributed by atoms with Gasteiger partial charge in [-0.05, 0) is 44.1 Å². The van der Waals surface area contributed by atoms with Crippen LogP contribution < -0.4 is 10.6 Å². The quantitative estimate of drug-likeness (QED) is 0.854. The van der Waals surface area contributed by atoms with Gasteiger partial charge in [0.25, 0.3) is 0 Å². The van der Waals surface area contributed by atoms with Crippen LogP contribution in [0.2, 0.25) is 0 Å². The van der Waals surface area contributed by atoms with Crippen LogP contribution in [0, 0.1) is 0 Å². The topological polar surface area (TPSA) is 88.2 Å². The van der Waals surface area contributed by atoms with Crippen LogP contribution in [-0.2, 0) is 14.6 Å². The van der Waals surface area contributed by atoms with Gasteiger partial charge in [0.05, 0.1) is 15.7 Å². The van der Waals surface area contributed by atoms with E-state index >= 15 is 0 Å². The Kier molecular flexibility index (Phi) is 5.30. The third kappa shape index (κ3) is 3.35. The Labute approximate surface area is 145 Å². The van der Waals surface area contributed by atoms with Crippen molar-refractivity contribution in [1.82, 2.24) is 10.3 Å². The lowest BCUT2D eigenvalue weighted by atomic mass is 9.95. The lowest BCUT2D eigenvalue weighted by molar-refractivity contribution is -0.119. The molecule has 1 fully saturated rings. The first kappa shape index (κ1) is 18.1. The van der Waals surface area contributed by atoms with Gasteiger partial charge in [-0.1, -0.05) is 0 Å². The van der Waals surface area contributed by atoms with Gasteiger partial charge in [0, 0.05) is 11.9 Å². The molecule has 2 N–H and O–H groups in total. The molecular weight excluding hydrogens is 358 g/mol. The summed E-state index contributed by atoms with van der Waals surface area (Å²) >= 11 is 1.52. The van der Waals surface area contributed by atoms with Crippen molar-refractivity contribution in [2.75, 3.05) is 24.7 Å². The van der Waals surface area contributed by atoms with Crippen LogP contribution in [0.1, 0.15) is 12.8 Å². The van der Waals surface area contributed by atoms with E-state index in [1.165, 1.54) is 11.3 Å². The number of carbonyl (C=O) groups is 1. The largest absolute Gasteiger partial charge is 0.325 e. The van der Waals surface area contributed by atoms with Gasteiger partial charge < -0.3 is 10.6 Å². The van der Waals surface area contributed by atoms with Crippen molar-refractivity contribution >= 4 is 55.4 Å². The molecule has 23 heavy (non-hydrogen) atoms. The molecule has 9 heteroatoms. The number of anilines is 1. The number of benzene rings is 1. The van der Waals surface area contributed by atoms with E-state index in [0.717, 1.165) is 16.5 Å². The summed E-state index contributed by atoms with van der Waals surface area (Å²) in [6.45, 7) is 1.04. The standard InChI is InChI=1S/C14H17N3O3S2.ClH/c1-22(19,20)14(4-6-15-7-5-14)13(18)17-10-2-3-12-11(8-10)16-9-21-12;/h2-3,8-9,15H,4-7H2,1H3,(H,17,18);1H.